The zero-order valence-corrected chi connectivity index (χ0v) is 9.80. The SMILES string of the molecule is Cc1ccc(CN[C@H](C)c2cccs2)o1. The Morgan fingerprint density at radius 3 is 2.87 bits per heavy atom. The summed E-state index contributed by atoms with van der Waals surface area (Å²) in [5.74, 6) is 1.96. The summed E-state index contributed by atoms with van der Waals surface area (Å²) in [7, 11) is 0. The largest absolute Gasteiger partial charge is 0.465 e. The molecule has 1 atom stereocenters. The average Bonchev–Trinajstić information content (AvgIpc) is 2.84. The summed E-state index contributed by atoms with van der Waals surface area (Å²) in [6.07, 6.45) is 0. The van der Waals surface area contributed by atoms with Crippen molar-refractivity contribution in [1.82, 2.24) is 5.32 Å². The second-order valence-corrected chi connectivity index (χ2v) is 4.61. The van der Waals surface area contributed by atoms with Gasteiger partial charge in [-0.15, -0.1) is 11.3 Å². The summed E-state index contributed by atoms with van der Waals surface area (Å²) < 4.78 is 5.49. The molecule has 2 heterocycles. The van der Waals surface area contributed by atoms with E-state index in [-0.39, 0.29) is 0 Å². The molecule has 2 rings (SSSR count). The normalized spacial score (nSPS) is 12.9. The van der Waals surface area contributed by atoms with E-state index in [1.165, 1.54) is 4.88 Å². The summed E-state index contributed by atoms with van der Waals surface area (Å²) in [6.45, 7) is 4.92. The highest BCUT2D eigenvalue weighted by atomic mass is 32.1. The van der Waals surface area contributed by atoms with Gasteiger partial charge in [-0.2, -0.15) is 0 Å². The highest BCUT2D eigenvalue weighted by Gasteiger charge is 2.06. The van der Waals surface area contributed by atoms with Crippen LogP contribution in [0.15, 0.2) is 34.1 Å². The number of nitrogens with one attached hydrogen (secondary N) is 1. The number of aryl methyl sites for hydroxylation is 1. The summed E-state index contributed by atoms with van der Waals surface area (Å²) >= 11 is 1.78. The van der Waals surface area contributed by atoms with Gasteiger partial charge in [0.05, 0.1) is 6.54 Å². The van der Waals surface area contributed by atoms with Gasteiger partial charge in [-0.3, -0.25) is 0 Å². The lowest BCUT2D eigenvalue weighted by Crippen LogP contribution is -2.16. The van der Waals surface area contributed by atoms with Crippen molar-refractivity contribution in [2.24, 2.45) is 0 Å². The Morgan fingerprint density at radius 2 is 2.27 bits per heavy atom. The van der Waals surface area contributed by atoms with E-state index in [1.54, 1.807) is 11.3 Å². The van der Waals surface area contributed by atoms with Gasteiger partial charge in [0, 0.05) is 10.9 Å². The van der Waals surface area contributed by atoms with Gasteiger partial charge < -0.3 is 9.73 Å². The second-order valence-electron chi connectivity index (χ2n) is 3.63. The molecule has 0 unspecified atom stereocenters. The van der Waals surface area contributed by atoms with Gasteiger partial charge >= 0.3 is 0 Å². The maximum Gasteiger partial charge on any atom is 0.117 e. The molecule has 0 aliphatic carbocycles. The molecule has 80 valence electrons. The third-order valence-corrected chi connectivity index (χ3v) is 3.40. The minimum absolute atomic E-state index is 0.385. The van der Waals surface area contributed by atoms with Gasteiger partial charge in [-0.1, -0.05) is 6.07 Å². The summed E-state index contributed by atoms with van der Waals surface area (Å²) in [6, 6.07) is 8.62. The first kappa shape index (κ1) is 10.5. The molecule has 15 heavy (non-hydrogen) atoms. The van der Waals surface area contributed by atoms with E-state index in [1.807, 2.05) is 19.1 Å². The van der Waals surface area contributed by atoms with Crippen LogP contribution in [-0.2, 0) is 6.54 Å². The molecule has 2 aromatic heterocycles. The van der Waals surface area contributed by atoms with Gasteiger partial charge in [0.25, 0.3) is 0 Å². The van der Waals surface area contributed by atoms with E-state index in [0.717, 1.165) is 18.1 Å². The topological polar surface area (TPSA) is 25.2 Å². The zero-order chi connectivity index (χ0) is 10.7. The molecule has 0 spiro atoms. The highest BCUT2D eigenvalue weighted by Crippen LogP contribution is 2.18. The van der Waals surface area contributed by atoms with Crippen LogP contribution in [0.5, 0.6) is 0 Å². The molecule has 1 N–H and O–H groups in total. The van der Waals surface area contributed by atoms with Crippen molar-refractivity contribution in [3.63, 3.8) is 0 Å². The van der Waals surface area contributed by atoms with Crippen molar-refractivity contribution in [3.8, 4) is 0 Å². The van der Waals surface area contributed by atoms with Crippen LogP contribution in [0.2, 0.25) is 0 Å². The Hall–Kier alpha value is -1.06. The lowest BCUT2D eigenvalue weighted by Gasteiger charge is -2.10. The van der Waals surface area contributed by atoms with Gasteiger partial charge in [-0.05, 0) is 37.4 Å². The number of rotatable bonds is 4. The van der Waals surface area contributed by atoms with Gasteiger partial charge in [-0.25, -0.2) is 0 Å². The molecule has 0 aliphatic rings. The van der Waals surface area contributed by atoms with Crippen molar-refractivity contribution < 1.29 is 4.42 Å². The average molecular weight is 221 g/mol. The van der Waals surface area contributed by atoms with Gasteiger partial charge in [0.2, 0.25) is 0 Å². The van der Waals surface area contributed by atoms with E-state index in [0.29, 0.717) is 6.04 Å². The van der Waals surface area contributed by atoms with Crippen LogP contribution in [0.4, 0.5) is 0 Å². The molecule has 0 saturated carbocycles. The molecule has 0 amide bonds. The van der Waals surface area contributed by atoms with Crippen molar-refractivity contribution in [2.75, 3.05) is 0 Å². The third-order valence-electron chi connectivity index (χ3n) is 2.35. The van der Waals surface area contributed by atoms with E-state index >= 15 is 0 Å². The second kappa shape index (κ2) is 4.64. The van der Waals surface area contributed by atoms with E-state index < -0.39 is 0 Å². The molecular weight excluding hydrogens is 206 g/mol. The lowest BCUT2D eigenvalue weighted by molar-refractivity contribution is 0.446. The smallest absolute Gasteiger partial charge is 0.117 e. The minimum Gasteiger partial charge on any atom is -0.465 e. The predicted octanol–water partition coefficient (Wildman–Crippen LogP) is 3.50. The standard InChI is InChI=1S/C12H15NOS/c1-9-5-6-11(14-9)8-13-10(2)12-4-3-7-15-12/h3-7,10,13H,8H2,1-2H3/t10-/m1/s1. The fourth-order valence-electron chi connectivity index (χ4n) is 1.47. The molecule has 0 saturated heterocycles. The highest BCUT2D eigenvalue weighted by molar-refractivity contribution is 7.10. The van der Waals surface area contributed by atoms with Crippen LogP contribution in [0.25, 0.3) is 0 Å². The summed E-state index contributed by atoms with van der Waals surface area (Å²) in [5, 5.41) is 5.53. The van der Waals surface area contributed by atoms with Crippen LogP contribution >= 0.6 is 11.3 Å². The van der Waals surface area contributed by atoms with Crippen molar-refractivity contribution in [2.45, 2.75) is 26.4 Å². The Kier molecular flexibility index (Phi) is 3.23. The molecule has 0 fully saturated rings. The van der Waals surface area contributed by atoms with E-state index in [2.05, 4.69) is 29.8 Å². The third kappa shape index (κ3) is 2.70. The van der Waals surface area contributed by atoms with Crippen LogP contribution < -0.4 is 5.32 Å². The molecule has 0 radical (unpaired) electrons. The van der Waals surface area contributed by atoms with E-state index in [9.17, 15) is 0 Å². The number of hydrogen-bond acceptors (Lipinski definition) is 3. The first-order valence-corrected chi connectivity index (χ1v) is 5.96. The Morgan fingerprint density at radius 1 is 1.40 bits per heavy atom. The molecular formula is C12H15NOS. The monoisotopic (exact) mass is 221 g/mol. The Labute approximate surface area is 93.9 Å². The molecule has 0 bridgehead atoms. The fraction of sp³-hybridized carbons (Fsp3) is 0.333. The van der Waals surface area contributed by atoms with E-state index in [4.69, 9.17) is 4.42 Å². The van der Waals surface area contributed by atoms with Crippen LogP contribution in [-0.4, -0.2) is 0 Å². The van der Waals surface area contributed by atoms with Crippen LogP contribution in [0.1, 0.15) is 29.4 Å². The van der Waals surface area contributed by atoms with Crippen molar-refractivity contribution in [1.29, 1.82) is 0 Å². The van der Waals surface area contributed by atoms with Crippen LogP contribution in [0.3, 0.4) is 0 Å². The quantitative estimate of drug-likeness (QED) is 0.854. The Bertz CT molecular complexity index is 405. The van der Waals surface area contributed by atoms with Crippen molar-refractivity contribution >= 4 is 11.3 Å². The lowest BCUT2D eigenvalue weighted by atomic mass is 10.2. The molecule has 2 nitrogen and oxygen atoms in total. The zero-order valence-electron chi connectivity index (χ0n) is 8.99. The first-order valence-electron chi connectivity index (χ1n) is 5.08. The Balaban J connectivity index is 1.88. The van der Waals surface area contributed by atoms with Gasteiger partial charge in [0.15, 0.2) is 0 Å². The molecule has 2 aromatic rings. The first-order chi connectivity index (χ1) is 7.25. The maximum absolute atomic E-state index is 5.49. The molecule has 3 heteroatoms. The summed E-state index contributed by atoms with van der Waals surface area (Å²) in [5.41, 5.74) is 0. The fourth-order valence-corrected chi connectivity index (χ4v) is 2.23. The van der Waals surface area contributed by atoms with Gasteiger partial charge in [0.1, 0.15) is 11.5 Å². The van der Waals surface area contributed by atoms with Crippen molar-refractivity contribution in [3.05, 3.63) is 46.0 Å². The maximum atomic E-state index is 5.49. The number of thiophene rings is 1. The summed E-state index contributed by atoms with van der Waals surface area (Å²) in [4.78, 5) is 1.36. The minimum atomic E-state index is 0.385. The number of furan rings is 1. The molecule has 0 aromatic carbocycles. The van der Waals surface area contributed by atoms with Crippen LogP contribution in [0, 0.1) is 6.92 Å². The predicted molar refractivity (Wildman–Crippen MR) is 63.0 cm³/mol. The number of hydrogen-bond donors (Lipinski definition) is 1. The molecule has 0 aliphatic heterocycles.